The lowest BCUT2D eigenvalue weighted by molar-refractivity contribution is 0.0692. The number of oxazole rings is 1. The molecule has 1 fully saturated rings. The van der Waals surface area contributed by atoms with Crippen molar-refractivity contribution in [2.24, 2.45) is 5.73 Å². The standard InChI is InChI=1S/C25H25F2N5O6S/c1-12(32-11-15(38-25(32)35)10-31-8-13(28)9-31)16-4-3-5-17-20(23(24(33)34)29-22(16)17)21-18(26)6-14(7-19(21)27)30-39(2,36)37/h3-7,11-13,29-30H,8-10,28H2,1-2H3,(H,33,34)/t12-/m0/s1. The number of likely N-dealkylation sites (tertiary alicyclic amines) is 1. The Morgan fingerprint density at radius 2 is 1.92 bits per heavy atom. The second kappa shape index (κ2) is 9.63. The van der Waals surface area contributed by atoms with Crippen LogP contribution in [0.3, 0.4) is 0 Å². The molecule has 14 heteroatoms. The molecule has 2 aromatic carbocycles. The number of rotatable bonds is 8. The summed E-state index contributed by atoms with van der Waals surface area (Å²) in [6, 6.07) is 5.74. The fraction of sp³-hybridized carbons (Fsp3) is 0.280. The van der Waals surface area contributed by atoms with Crippen molar-refractivity contribution < 1.29 is 31.5 Å². The molecule has 2 aromatic heterocycles. The zero-order valence-corrected chi connectivity index (χ0v) is 21.7. The van der Waals surface area contributed by atoms with Crippen molar-refractivity contribution in [2.75, 3.05) is 24.1 Å². The topological polar surface area (TPSA) is 164 Å². The normalized spacial score (nSPS) is 15.4. The largest absolute Gasteiger partial charge is 0.477 e. The Labute approximate surface area is 220 Å². The van der Waals surface area contributed by atoms with Gasteiger partial charge in [0, 0.05) is 30.1 Å². The highest BCUT2D eigenvalue weighted by atomic mass is 32.2. The Bertz CT molecular complexity index is 1750. The van der Waals surface area contributed by atoms with Gasteiger partial charge in [-0.2, -0.15) is 0 Å². The van der Waals surface area contributed by atoms with Gasteiger partial charge in [0.1, 0.15) is 23.1 Å². The average Bonchev–Trinajstić information content (AvgIpc) is 3.36. The van der Waals surface area contributed by atoms with E-state index < -0.39 is 50.7 Å². The van der Waals surface area contributed by atoms with Crippen LogP contribution in [0.1, 0.15) is 34.8 Å². The molecule has 0 spiro atoms. The zero-order valence-electron chi connectivity index (χ0n) is 20.9. The Kier molecular flexibility index (Phi) is 6.56. The number of carboxylic acids is 1. The fourth-order valence-electron chi connectivity index (χ4n) is 4.94. The molecule has 4 aromatic rings. The van der Waals surface area contributed by atoms with Gasteiger partial charge in [0.15, 0.2) is 0 Å². The highest BCUT2D eigenvalue weighted by molar-refractivity contribution is 7.92. The lowest BCUT2D eigenvalue weighted by Gasteiger charge is -2.35. The smallest absolute Gasteiger partial charge is 0.419 e. The number of para-hydroxylation sites is 1. The first-order valence-corrected chi connectivity index (χ1v) is 13.8. The van der Waals surface area contributed by atoms with Crippen molar-refractivity contribution in [3.05, 3.63) is 75.7 Å². The summed E-state index contributed by atoms with van der Waals surface area (Å²) in [5, 5.41) is 10.1. The van der Waals surface area contributed by atoms with Crippen LogP contribution in [0.2, 0.25) is 0 Å². The monoisotopic (exact) mass is 561 g/mol. The maximum atomic E-state index is 15.2. The van der Waals surface area contributed by atoms with E-state index in [-0.39, 0.29) is 28.2 Å². The van der Waals surface area contributed by atoms with Crippen LogP contribution in [0.15, 0.2) is 45.7 Å². The summed E-state index contributed by atoms with van der Waals surface area (Å²) in [7, 11) is -3.81. The van der Waals surface area contributed by atoms with Crippen LogP contribution in [0, 0.1) is 11.6 Å². The molecule has 0 bridgehead atoms. The van der Waals surface area contributed by atoms with E-state index >= 15 is 8.78 Å². The lowest BCUT2D eigenvalue weighted by Crippen LogP contribution is -2.54. The summed E-state index contributed by atoms with van der Waals surface area (Å²) in [5.74, 6) is -3.96. The van der Waals surface area contributed by atoms with Crippen molar-refractivity contribution >= 4 is 32.6 Å². The van der Waals surface area contributed by atoms with E-state index in [4.69, 9.17) is 10.2 Å². The van der Waals surface area contributed by atoms with Gasteiger partial charge < -0.3 is 20.2 Å². The molecule has 0 amide bonds. The summed E-state index contributed by atoms with van der Waals surface area (Å²) in [5.41, 5.74) is 4.84. The third kappa shape index (κ3) is 5.05. The molecule has 1 aliphatic heterocycles. The van der Waals surface area contributed by atoms with E-state index in [1.807, 2.05) is 9.62 Å². The predicted molar refractivity (Wildman–Crippen MR) is 139 cm³/mol. The molecule has 11 nitrogen and oxygen atoms in total. The first-order chi connectivity index (χ1) is 18.3. The Balaban J connectivity index is 1.60. The van der Waals surface area contributed by atoms with E-state index in [9.17, 15) is 23.1 Å². The highest BCUT2D eigenvalue weighted by Crippen LogP contribution is 2.39. The lowest BCUT2D eigenvalue weighted by atomic mass is 9.97. The van der Waals surface area contributed by atoms with Crippen molar-refractivity contribution in [1.29, 1.82) is 0 Å². The maximum Gasteiger partial charge on any atom is 0.419 e. The predicted octanol–water partition coefficient (Wildman–Crippen LogP) is 2.69. The number of carbonyl (C=O) groups is 1. The number of nitrogens with two attached hydrogens (primary N) is 1. The van der Waals surface area contributed by atoms with E-state index in [0.717, 1.165) is 18.4 Å². The molecule has 0 radical (unpaired) electrons. The molecule has 39 heavy (non-hydrogen) atoms. The van der Waals surface area contributed by atoms with Crippen molar-refractivity contribution in [3.8, 4) is 11.1 Å². The molecule has 0 saturated carbocycles. The van der Waals surface area contributed by atoms with Crippen molar-refractivity contribution in [3.63, 3.8) is 0 Å². The number of H-pyrrole nitrogens is 1. The van der Waals surface area contributed by atoms with Crippen LogP contribution < -0.4 is 16.2 Å². The molecule has 3 heterocycles. The summed E-state index contributed by atoms with van der Waals surface area (Å²) >= 11 is 0. The van der Waals surface area contributed by atoms with Gasteiger partial charge in [0.05, 0.1) is 41.8 Å². The quantitative estimate of drug-likeness (QED) is 0.255. The number of benzene rings is 2. The number of fused-ring (bicyclic) bond motifs is 1. The van der Waals surface area contributed by atoms with Gasteiger partial charge in [-0.3, -0.25) is 14.2 Å². The van der Waals surface area contributed by atoms with Crippen LogP contribution >= 0.6 is 0 Å². The number of aromatic carboxylic acids is 1. The van der Waals surface area contributed by atoms with Gasteiger partial charge in [-0.05, 0) is 24.6 Å². The van der Waals surface area contributed by atoms with Crippen LogP contribution in [-0.2, 0) is 16.6 Å². The average molecular weight is 562 g/mol. The number of aromatic amines is 1. The van der Waals surface area contributed by atoms with Gasteiger partial charge in [-0.15, -0.1) is 0 Å². The number of carboxylic acid groups (broad SMARTS) is 1. The van der Waals surface area contributed by atoms with Crippen molar-refractivity contribution in [1.82, 2.24) is 14.5 Å². The number of anilines is 1. The molecule has 0 unspecified atom stereocenters. The molecule has 5 rings (SSSR count). The first-order valence-electron chi connectivity index (χ1n) is 11.9. The molecule has 1 saturated heterocycles. The molecule has 1 aliphatic rings. The second-order valence-electron chi connectivity index (χ2n) is 9.64. The third-order valence-electron chi connectivity index (χ3n) is 6.62. The van der Waals surface area contributed by atoms with E-state index in [0.29, 0.717) is 31.0 Å². The Morgan fingerprint density at radius 1 is 1.26 bits per heavy atom. The fourth-order valence-corrected chi connectivity index (χ4v) is 5.49. The number of hydrogen-bond donors (Lipinski definition) is 4. The Hall–Kier alpha value is -4.01. The number of sulfonamides is 1. The number of nitrogens with one attached hydrogen (secondary N) is 2. The zero-order chi connectivity index (χ0) is 28.2. The molecule has 1 atom stereocenters. The van der Waals surface area contributed by atoms with Crippen LogP contribution in [0.4, 0.5) is 14.5 Å². The van der Waals surface area contributed by atoms with Crippen LogP contribution in [0.25, 0.3) is 22.0 Å². The maximum absolute atomic E-state index is 15.2. The van der Waals surface area contributed by atoms with Crippen LogP contribution in [0.5, 0.6) is 0 Å². The molecular formula is C25H25F2N5O6S. The van der Waals surface area contributed by atoms with Crippen LogP contribution in [-0.4, -0.2) is 59.3 Å². The van der Waals surface area contributed by atoms with Gasteiger partial charge in [-0.1, -0.05) is 18.2 Å². The molecule has 5 N–H and O–H groups in total. The molecule has 206 valence electrons. The third-order valence-corrected chi connectivity index (χ3v) is 7.23. The minimum Gasteiger partial charge on any atom is -0.477 e. The van der Waals surface area contributed by atoms with E-state index in [1.54, 1.807) is 25.3 Å². The minimum absolute atomic E-state index is 0.0858. The van der Waals surface area contributed by atoms with Gasteiger partial charge >= 0.3 is 11.7 Å². The SMILES string of the molecule is C[C@@H](c1cccc2c(-c3c(F)cc(NS(C)(=O)=O)cc3F)c(C(=O)O)[nH]c12)n1cc(CN2CC(N)C2)oc1=O. The molecular weight excluding hydrogens is 536 g/mol. The molecule has 0 aliphatic carbocycles. The number of hydrogen-bond acceptors (Lipinski definition) is 7. The summed E-state index contributed by atoms with van der Waals surface area (Å²) in [4.78, 5) is 29.6. The summed E-state index contributed by atoms with van der Waals surface area (Å²) < 4.78 is 62.2. The minimum atomic E-state index is -3.81. The van der Waals surface area contributed by atoms with Gasteiger partial charge in [0.2, 0.25) is 10.0 Å². The summed E-state index contributed by atoms with van der Waals surface area (Å²) in [6.07, 6.45) is 2.40. The highest BCUT2D eigenvalue weighted by Gasteiger charge is 2.28. The van der Waals surface area contributed by atoms with E-state index in [2.05, 4.69) is 4.98 Å². The first kappa shape index (κ1) is 26.6. The number of halogens is 2. The Morgan fingerprint density at radius 3 is 2.51 bits per heavy atom. The van der Waals surface area contributed by atoms with Crippen molar-refractivity contribution in [2.45, 2.75) is 25.6 Å². The number of aromatic nitrogens is 2. The summed E-state index contributed by atoms with van der Waals surface area (Å²) in [6.45, 7) is 3.49. The van der Waals surface area contributed by atoms with Gasteiger partial charge in [0.25, 0.3) is 0 Å². The van der Waals surface area contributed by atoms with Gasteiger partial charge in [-0.25, -0.2) is 26.8 Å². The second-order valence-corrected chi connectivity index (χ2v) is 11.4. The van der Waals surface area contributed by atoms with E-state index in [1.165, 1.54) is 10.6 Å². The number of nitrogens with zero attached hydrogens (tertiary/aromatic N) is 2.